The number of nitrogens with zero attached hydrogens (tertiary/aromatic N) is 4. The van der Waals surface area contributed by atoms with E-state index in [1.54, 1.807) is 16.0 Å². The van der Waals surface area contributed by atoms with Crippen LogP contribution in [0.25, 0.3) is 10.1 Å². The van der Waals surface area contributed by atoms with Crippen LogP contribution in [-0.4, -0.2) is 44.5 Å². The number of carbonyl (C=O) groups is 1. The summed E-state index contributed by atoms with van der Waals surface area (Å²) in [6.45, 7) is 3.46. The van der Waals surface area contributed by atoms with Crippen LogP contribution in [0, 0.1) is 6.92 Å². The van der Waals surface area contributed by atoms with E-state index >= 15 is 0 Å². The Morgan fingerprint density at radius 3 is 3.12 bits per heavy atom. The Balaban J connectivity index is 1.45. The molecule has 1 atom stereocenters. The summed E-state index contributed by atoms with van der Waals surface area (Å²) in [5.41, 5.74) is 1.06. The molecular weight excluding hydrogens is 356 g/mol. The van der Waals surface area contributed by atoms with E-state index in [0.29, 0.717) is 17.5 Å². The number of hydrogen-bond donors (Lipinski definition) is 0. The van der Waals surface area contributed by atoms with Gasteiger partial charge in [-0.3, -0.25) is 4.79 Å². The molecule has 3 heterocycles. The number of Topliss-reactive ketones (excluding diaryl/α,β-unsaturated/α-hetero) is 1. The average molecular weight is 374 g/mol. The van der Waals surface area contributed by atoms with Gasteiger partial charge in [0.2, 0.25) is 5.16 Å². The molecule has 0 amide bonds. The Morgan fingerprint density at radius 1 is 1.44 bits per heavy atom. The van der Waals surface area contributed by atoms with Gasteiger partial charge in [0.05, 0.1) is 23.3 Å². The van der Waals surface area contributed by atoms with Crippen LogP contribution >= 0.6 is 23.1 Å². The molecule has 6 nitrogen and oxygen atoms in total. The molecule has 0 radical (unpaired) electrons. The van der Waals surface area contributed by atoms with E-state index in [-0.39, 0.29) is 11.9 Å². The lowest BCUT2D eigenvalue weighted by Gasteiger charge is -2.09. The van der Waals surface area contributed by atoms with E-state index < -0.39 is 0 Å². The van der Waals surface area contributed by atoms with E-state index in [1.807, 2.05) is 19.1 Å². The lowest BCUT2D eigenvalue weighted by atomic mass is 10.1. The number of hydrogen-bond acceptors (Lipinski definition) is 7. The minimum absolute atomic E-state index is 0.121. The molecule has 1 unspecified atom stereocenters. The zero-order valence-electron chi connectivity index (χ0n) is 13.8. The van der Waals surface area contributed by atoms with Crippen molar-refractivity contribution >= 4 is 39.0 Å². The molecule has 0 spiro atoms. The number of benzene rings is 1. The molecule has 0 saturated carbocycles. The van der Waals surface area contributed by atoms with Gasteiger partial charge in [-0.15, -0.1) is 16.4 Å². The van der Waals surface area contributed by atoms with Crippen LogP contribution in [-0.2, 0) is 11.3 Å². The minimum Gasteiger partial charge on any atom is -0.376 e. The molecule has 0 N–H and O–H groups in total. The fourth-order valence-corrected chi connectivity index (χ4v) is 5.03. The summed E-state index contributed by atoms with van der Waals surface area (Å²) in [6.07, 6.45) is 2.28. The normalized spacial score (nSPS) is 17.4. The zero-order chi connectivity index (χ0) is 17.2. The predicted octanol–water partition coefficient (Wildman–Crippen LogP) is 3.35. The Morgan fingerprint density at radius 2 is 2.32 bits per heavy atom. The number of aromatic nitrogens is 4. The minimum atomic E-state index is 0.121. The van der Waals surface area contributed by atoms with Crippen molar-refractivity contribution in [1.29, 1.82) is 0 Å². The molecule has 130 valence electrons. The second-order valence-electron chi connectivity index (χ2n) is 6.04. The van der Waals surface area contributed by atoms with Crippen molar-refractivity contribution in [2.45, 2.75) is 37.6 Å². The Bertz CT molecular complexity index is 899. The lowest BCUT2D eigenvalue weighted by Crippen LogP contribution is -2.17. The second-order valence-corrected chi connectivity index (χ2v) is 8.04. The van der Waals surface area contributed by atoms with Crippen molar-refractivity contribution in [3.63, 3.8) is 0 Å². The summed E-state index contributed by atoms with van der Waals surface area (Å²) in [5.74, 6) is 0.454. The van der Waals surface area contributed by atoms with Crippen molar-refractivity contribution in [3.8, 4) is 0 Å². The molecule has 1 aliphatic heterocycles. The van der Waals surface area contributed by atoms with Crippen LogP contribution in [0.5, 0.6) is 0 Å². The largest absolute Gasteiger partial charge is 0.376 e. The molecule has 3 aromatic rings. The van der Waals surface area contributed by atoms with Gasteiger partial charge in [0.15, 0.2) is 5.78 Å². The Hall–Kier alpha value is -1.77. The molecule has 0 aliphatic carbocycles. The van der Waals surface area contributed by atoms with E-state index in [2.05, 4.69) is 27.7 Å². The standard InChI is InChI=1S/C17H18N4O2S2/c1-11-13-6-2-3-7-15(13)25-16(11)14(22)10-24-17-18-19-20-21(17)9-12-5-4-8-23-12/h2-3,6-7,12H,4-5,8-10H2,1H3. The first-order chi connectivity index (χ1) is 12.2. The molecule has 4 rings (SSSR count). The third-order valence-corrected chi connectivity index (χ3v) is 6.60. The van der Waals surface area contributed by atoms with Gasteiger partial charge < -0.3 is 4.74 Å². The maximum atomic E-state index is 12.7. The Kier molecular flexibility index (Phi) is 4.82. The highest BCUT2D eigenvalue weighted by atomic mass is 32.2. The number of ketones is 1. The number of fused-ring (bicyclic) bond motifs is 1. The lowest BCUT2D eigenvalue weighted by molar-refractivity contribution is 0.0912. The van der Waals surface area contributed by atoms with Crippen LogP contribution in [0.15, 0.2) is 29.4 Å². The first-order valence-electron chi connectivity index (χ1n) is 8.24. The quantitative estimate of drug-likeness (QED) is 0.487. The maximum Gasteiger partial charge on any atom is 0.209 e. The molecule has 8 heteroatoms. The number of aryl methyl sites for hydroxylation is 1. The molecule has 1 saturated heterocycles. The van der Waals surface area contributed by atoms with Gasteiger partial charge in [0.1, 0.15) is 0 Å². The predicted molar refractivity (Wildman–Crippen MR) is 98.4 cm³/mol. The van der Waals surface area contributed by atoms with Gasteiger partial charge >= 0.3 is 0 Å². The molecular formula is C17H18N4O2S2. The first-order valence-corrected chi connectivity index (χ1v) is 10.0. The topological polar surface area (TPSA) is 69.9 Å². The van der Waals surface area contributed by atoms with Crippen molar-refractivity contribution in [1.82, 2.24) is 20.2 Å². The van der Waals surface area contributed by atoms with Crippen molar-refractivity contribution in [2.24, 2.45) is 0 Å². The Labute approximate surface area is 153 Å². The van der Waals surface area contributed by atoms with E-state index in [9.17, 15) is 4.79 Å². The summed E-state index contributed by atoms with van der Waals surface area (Å²) in [4.78, 5) is 13.5. The van der Waals surface area contributed by atoms with Crippen molar-refractivity contribution in [2.75, 3.05) is 12.4 Å². The van der Waals surface area contributed by atoms with Crippen LogP contribution in [0.2, 0.25) is 0 Å². The molecule has 1 aliphatic rings. The third kappa shape index (κ3) is 3.47. The van der Waals surface area contributed by atoms with E-state index in [0.717, 1.165) is 40.0 Å². The molecule has 1 fully saturated rings. The summed E-state index contributed by atoms with van der Waals surface area (Å²) >= 11 is 2.95. The van der Waals surface area contributed by atoms with Crippen molar-refractivity contribution < 1.29 is 9.53 Å². The van der Waals surface area contributed by atoms with E-state index in [1.165, 1.54) is 11.8 Å². The highest BCUT2D eigenvalue weighted by Crippen LogP contribution is 2.32. The van der Waals surface area contributed by atoms with Gasteiger partial charge in [0, 0.05) is 11.3 Å². The molecule has 25 heavy (non-hydrogen) atoms. The van der Waals surface area contributed by atoms with Crippen LogP contribution in [0.1, 0.15) is 28.1 Å². The molecule has 1 aromatic carbocycles. The fraction of sp³-hybridized carbons (Fsp3) is 0.412. The number of ether oxygens (including phenoxy) is 1. The van der Waals surface area contributed by atoms with Gasteiger partial charge in [-0.05, 0) is 47.2 Å². The van der Waals surface area contributed by atoms with Gasteiger partial charge in [-0.25, -0.2) is 4.68 Å². The summed E-state index contributed by atoms with van der Waals surface area (Å²) in [5, 5.41) is 13.6. The third-order valence-electron chi connectivity index (χ3n) is 4.33. The molecule has 2 aromatic heterocycles. The summed E-state index contributed by atoms with van der Waals surface area (Å²) in [7, 11) is 0. The summed E-state index contributed by atoms with van der Waals surface area (Å²) in [6, 6.07) is 8.12. The first kappa shape index (κ1) is 16.7. The van der Waals surface area contributed by atoms with Gasteiger partial charge in [-0.2, -0.15) is 0 Å². The monoisotopic (exact) mass is 374 g/mol. The number of thioether (sulfide) groups is 1. The SMILES string of the molecule is Cc1c(C(=O)CSc2nnnn2CC2CCCO2)sc2ccccc12. The van der Waals surface area contributed by atoms with Crippen LogP contribution in [0.3, 0.4) is 0 Å². The van der Waals surface area contributed by atoms with E-state index in [4.69, 9.17) is 4.74 Å². The molecule has 0 bridgehead atoms. The number of thiophene rings is 1. The average Bonchev–Trinajstić information content (AvgIpc) is 3.35. The highest BCUT2D eigenvalue weighted by molar-refractivity contribution is 7.99. The van der Waals surface area contributed by atoms with Crippen molar-refractivity contribution in [3.05, 3.63) is 34.7 Å². The second kappa shape index (κ2) is 7.23. The highest BCUT2D eigenvalue weighted by Gasteiger charge is 2.20. The number of tetrazole rings is 1. The summed E-state index contributed by atoms with van der Waals surface area (Å²) < 4.78 is 8.53. The van der Waals surface area contributed by atoms with Crippen LogP contribution < -0.4 is 0 Å². The van der Waals surface area contributed by atoms with Crippen LogP contribution in [0.4, 0.5) is 0 Å². The van der Waals surface area contributed by atoms with Gasteiger partial charge in [0.25, 0.3) is 0 Å². The zero-order valence-corrected chi connectivity index (χ0v) is 15.5. The fourth-order valence-electron chi connectivity index (χ4n) is 3.03. The smallest absolute Gasteiger partial charge is 0.209 e. The number of rotatable bonds is 6. The maximum absolute atomic E-state index is 12.7. The number of carbonyl (C=O) groups excluding carboxylic acids is 1. The van der Waals surface area contributed by atoms with Gasteiger partial charge in [-0.1, -0.05) is 30.0 Å².